The predicted octanol–water partition coefficient (Wildman–Crippen LogP) is 5.16. The van der Waals surface area contributed by atoms with E-state index < -0.39 is 0 Å². The topological polar surface area (TPSA) is 0 Å². The van der Waals surface area contributed by atoms with Crippen molar-refractivity contribution in [3.63, 3.8) is 0 Å². The van der Waals surface area contributed by atoms with E-state index in [1.807, 2.05) is 0 Å². The van der Waals surface area contributed by atoms with Gasteiger partial charge in [0, 0.05) is 0 Å². The van der Waals surface area contributed by atoms with Gasteiger partial charge in [-0.15, -0.1) is 0 Å². The molecule has 0 aliphatic rings. The molecule has 0 nitrogen and oxygen atoms in total. The van der Waals surface area contributed by atoms with Crippen molar-refractivity contribution < 1.29 is 0 Å². The van der Waals surface area contributed by atoms with Crippen LogP contribution in [0.15, 0.2) is 0 Å². The quantitative estimate of drug-likeness (QED) is 0.353. The maximum Gasteiger partial charge on any atom is 2.00 e. The Hall–Kier alpha value is 0.766. The van der Waals surface area contributed by atoms with Crippen LogP contribution < -0.4 is 0 Å². The van der Waals surface area contributed by atoms with Crippen molar-refractivity contribution in [1.82, 2.24) is 0 Å². The fourth-order valence-electron chi connectivity index (χ4n) is 0.500. The third-order valence-corrected chi connectivity index (χ3v) is 0.957. The van der Waals surface area contributed by atoms with Gasteiger partial charge < -0.3 is 13.8 Å². The van der Waals surface area contributed by atoms with Crippen molar-refractivity contribution >= 4 is 23.1 Å². The van der Waals surface area contributed by atoms with Gasteiger partial charge in [-0.2, -0.15) is 11.8 Å². The third kappa shape index (κ3) is 170. The molecule has 0 radical (unpaired) electrons. The van der Waals surface area contributed by atoms with E-state index in [1.165, 1.54) is 25.7 Å². The molecule has 0 bridgehead atoms. The first-order chi connectivity index (χ1) is 6.38. The molecule has 0 atom stereocenters. The Morgan fingerprint density at radius 2 is 0.867 bits per heavy atom. The van der Waals surface area contributed by atoms with Gasteiger partial charge in [-0.25, -0.2) is 0 Å². The first-order valence-corrected chi connectivity index (χ1v) is 6.04. The van der Waals surface area contributed by atoms with Crippen LogP contribution in [-0.2, 0) is 0 Å². The van der Waals surface area contributed by atoms with E-state index in [1.54, 1.807) is 0 Å². The van der Waals surface area contributed by atoms with E-state index in [2.05, 4.69) is 55.4 Å². The molecule has 0 N–H and O–H groups in total. The summed E-state index contributed by atoms with van der Waals surface area (Å²) in [5, 5.41) is 0. The van der Waals surface area contributed by atoms with E-state index in [0.29, 0.717) is 11.8 Å². The number of hydrogen-bond donors (Lipinski definition) is 0. The van der Waals surface area contributed by atoms with Crippen LogP contribution in [0.3, 0.4) is 0 Å². The zero-order chi connectivity index (χ0) is 12.0. The zero-order valence-corrected chi connectivity index (χ0v) is 13.5. The normalized spacial score (nSPS) is 8.40. The molecule has 0 rings (SSSR count). The van der Waals surface area contributed by atoms with E-state index >= 15 is 0 Å². The fourth-order valence-corrected chi connectivity index (χ4v) is 0.500. The fraction of sp³-hybridized carbons (Fsp3) is 0.857. The van der Waals surface area contributed by atoms with Crippen LogP contribution in [0, 0.1) is 25.7 Å². The Kier molecular flexibility index (Phi) is 40.0. The molecule has 90 valence electrons. The minimum Gasteiger partial charge on any atom is -0.341 e. The van der Waals surface area contributed by atoms with Gasteiger partial charge in [0.25, 0.3) is 0 Å². The van der Waals surface area contributed by atoms with Gasteiger partial charge in [-0.05, 0) is 0 Å². The maximum absolute atomic E-state index is 3.64. The molecule has 0 aliphatic heterocycles. The van der Waals surface area contributed by atoms with Gasteiger partial charge in [-0.3, -0.25) is 0 Å². The van der Waals surface area contributed by atoms with Crippen LogP contribution in [-0.4, -0.2) is 23.1 Å². The summed E-state index contributed by atoms with van der Waals surface area (Å²) in [6.45, 7) is 20.0. The van der Waals surface area contributed by atoms with Crippen LogP contribution in [0.5, 0.6) is 0 Å². The van der Waals surface area contributed by atoms with Gasteiger partial charge in [0.2, 0.25) is 0 Å². The first kappa shape index (κ1) is 24.8. The molecule has 15 heavy (non-hydrogen) atoms. The smallest absolute Gasteiger partial charge is 0.341 e. The predicted molar refractivity (Wildman–Crippen MR) is 76.0 cm³/mol. The SMILES string of the molecule is CCCCCC.[CH2-]C(C)C.[CH2-]C(C)C.[Mg+2]. The summed E-state index contributed by atoms with van der Waals surface area (Å²) in [6.07, 6.45) is 5.54. The summed E-state index contributed by atoms with van der Waals surface area (Å²) in [4.78, 5) is 0. The number of hydrogen-bond acceptors (Lipinski definition) is 0. The van der Waals surface area contributed by atoms with Crippen molar-refractivity contribution in [3.8, 4) is 0 Å². The molecule has 0 aromatic heterocycles. The summed E-state index contributed by atoms with van der Waals surface area (Å²) in [5.41, 5.74) is 0. The van der Waals surface area contributed by atoms with Crippen molar-refractivity contribution in [2.75, 3.05) is 0 Å². The second-order valence-corrected chi connectivity index (χ2v) is 4.49. The molecule has 0 spiro atoms. The molecule has 0 heterocycles. The monoisotopic (exact) mass is 224 g/mol. The Morgan fingerprint density at radius 1 is 0.733 bits per heavy atom. The molecule has 0 aromatic rings. The molecule has 0 aliphatic carbocycles. The van der Waals surface area contributed by atoms with Crippen LogP contribution in [0.1, 0.15) is 67.2 Å². The third-order valence-electron chi connectivity index (χ3n) is 0.957. The molecule has 0 saturated carbocycles. The Labute approximate surface area is 116 Å². The molecule has 1 heteroatoms. The number of rotatable bonds is 3. The molecule has 0 unspecified atom stereocenters. The minimum atomic E-state index is 0. The minimum absolute atomic E-state index is 0. The van der Waals surface area contributed by atoms with Crippen LogP contribution >= 0.6 is 0 Å². The molecular weight excluding hydrogens is 192 g/mol. The summed E-state index contributed by atoms with van der Waals surface area (Å²) in [6, 6.07) is 0. The average Bonchev–Trinajstić information content (AvgIpc) is 1.98. The maximum atomic E-state index is 3.64. The Bertz CT molecular complexity index is 52.2. The van der Waals surface area contributed by atoms with Gasteiger partial charge in [0.1, 0.15) is 0 Å². The molecule has 0 saturated heterocycles. The van der Waals surface area contributed by atoms with E-state index in [-0.39, 0.29) is 23.1 Å². The number of unbranched alkanes of at least 4 members (excludes halogenated alkanes) is 3. The van der Waals surface area contributed by atoms with Crippen molar-refractivity contribution in [3.05, 3.63) is 13.8 Å². The van der Waals surface area contributed by atoms with Crippen molar-refractivity contribution in [2.24, 2.45) is 11.8 Å². The summed E-state index contributed by atoms with van der Waals surface area (Å²) in [5.74, 6) is 1.17. The second kappa shape index (κ2) is 24.1. The van der Waals surface area contributed by atoms with Gasteiger partial charge in [0.15, 0.2) is 0 Å². The molecular formula is C14H32Mg. The molecule has 0 amide bonds. The van der Waals surface area contributed by atoms with Crippen LogP contribution in [0.25, 0.3) is 0 Å². The second-order valence-electron chi connectivity index (χ2n) is 4.49. The molecule has 0 fully saturated rings. The van der Waals surface area contributed by atoms with Gasteiger partial charge >= 0.3 is 23.1 Å². The Balaban J connectivity index is -0.0000000606. The summed E-state index contributed by atoms with van der Waals surface area (Å²) in [7, 11) is 0. The van der Waals surface area contributed by atoms with Crippen LogP contribution in [0.2, 0.25) is 0 Å². The molecule has 0 aromatic carbocycles. The van der Waals surface area contributed by atoms with E-state index in [9.17, 15) is 0 Å². The van der Waals surface area contributed by atoms with Gasteiger partial charge in [0.05, 0.1) is 0 Å². The van der Waals surface area contributed by atoms with Crippen LogP contribution in [0.4, 0.5) is 0 Å². The van der Waals surface area contributed by atoms with E-state index in [0.717, 1.165) is 0 Å². The van der Waals surface area contributed by atoms with E-state index in [4.69, 9.17) is 0 Å². The standard InChI is InChI=1S/C6H14.2C4H9.Mg/c1-3-5-6-4-2;2*1-4(2)3;/h3-6H2,1-2H3;2*4H,1H2,2-3H3;/q;2*-1;+2. The first-order valence-electron chi connectivity index (χ1n) is 6.04. The van der Waals surface area contributed by atoms with Gasteiger partial charge in [-0.1, -0.05) is 67.2 Å². The largest absolute Gasteiger partial charge is 2.00 e. The average molecular weight is 225 g/mol. The Morgan fingerprint density at radius 3 is 0.933 bits per heavy atom. The zero-order valence-electron chi connectivity index (χ0n) is 12.1. The van der Waals surface area contributed by atoms with Crippen molar-refractivity contribution in [1.29, 1.82) is 0 Å². The summed E-state index contributed by atoms with van der Waals surface area (Å²) >= 11 is 0. The summed E-state index contributed by atoms with van der Waals surface area (Å²) < 4.78 is 0. The van der Waals surface area contributed by atoms with Crippen molar-refractivity contribution in [2.45, 2.75) is 67.2 Å².